The Morgan fingerprint density at radius 2 is 2.27 bits per heavy atom. The smallest absolute Gasteiger partial charge is 0.230 e. The number of aromatic nitrogens is 3. The molecule has 2 N–H and O–H groups in total. The maximum atomic E-state index is 12.3. The van der Waals surface area contributed by atoms with E-state index in [0.717, 1.165) is 30.0 Å². The van der Waals surface area contributed by atoms with Crippen LogP contribution in [0.4, 0.5) is 0 Å². The van der Waals surface area contributed by atoms with Crippen LogP contribution in [0, 0.1) is 0 Å². The zero-order valence-corrected chi connectivity index (χ0v) is 15.6. The zero-order chi connectivity index (χ0) is 17.8. The molecule has 0 aliphatic carbocycles. The Kier molecular flexibility index (Phi) is 5.21. The highest BCUT2D eigenvalue weighted by atomic mass is 32.2. The molecule has 1 aliphatic heterocycles. The van der Waals surface area contributed by atoms with Gasteiger partial charge in [0.25, 0.3) is 0 Å². The number of carbonyl (C=O) groups is 1. The number of hydrogen-bond donors (Lipinski definition) is 2. The summed E-state index contributed by atoms with van der Waals surface area (Å²) < 4.78 is 5.63. The van der Waals surface area contributed by atoms with Crippen LogP contribution in [0.2, 0.25) is 0 Å². The number of hydrogen-bond acceptors (Lipinski definition) is 6. The number of ether oxygens (including phenoxy) is 1. The van der Waals surface area contributed by atoms with Crippen molar-refractivity contribution >= 4 is 29.0 Å². The number of nitrogens with one attached hydrogen (secondary N) is 2. The van der Waals surface area contributed by atoms with Crippen LogP contribution in [-0.4, -0.2) is 33.4 Å². The average molecular weight is 387 g/mol. The summed E-state index contributed by atoms with van der Waals surface area (Å²) in [4.78, 5) is 18.0. The first kappa shape index (κ1) is 17.1. The molecular weight excluding hydrogens is 368 g/mol. The van der Waals surface area contributed by atoms with E-state index in [0.29, 0.717) is 11.8 Å². The topological polar surface area (TPSA) is 79.9 Å². The number of thioether (sulfide) groups is 1. The fourth-order valence-electron chi connectivity index (χ4n) is 2.86. The van der Waals surface area contributed by atoms with Crippen LogP contribution in [0.3, 0.4) is 0 Å². The van der Waals surface area contributed by atoms with Gasteiger partial charge >= 0.3 is 0 Å². The second-order valence-corrected chi connectivity index (χ2v) is 7.88. The molecule has 1 aromatic carbocycles. The standard InChI is InChI=1S/C18H18N4O2S2/c23-17(19-14-7-8-24-15-6-2-1-5-13(14)15)11-26-18-20-16(21-22-18)10-12-4-3-9-25-12/h1-6,9,14H,7-8,10-11H2,(H,19,23)(H,20,21,22). The van der Waals surface area contributed by atoms with Gasteiger partial charge in [0, 0.05) is 23.3 Å². The number of benzene rings is 1. The molecule has 4 rings (SSSR count). The van der Waals surface area contributed by atoms with Crippen LogP contribution >= 0.6 is 23.1 Å². The second-order valence-electron chi connectivity index (χ2n) is 5.90. The molecule has 1 aliphatic rings. The highest BCUT2D eigenvalue weighted by Gasteiger charge is 2.22. The summed E-state index contributed by atoms with van der Waals surface area (Å²) in [5, 5.41) is 12.8. The molecule has 0 saturated heterocycles. The van der Waals surface area contributed by atoms with Crippen molar-refractivity contribution < 1.29 is 9.53 Å². The number of aromatic amines is 1. The van der Waals surface area contributed by atoms with Crippen LogP contribution in [-0.2, 0) is 11.2 Å². The van der Waals surface area contributed by atoms with E-state index in [2.05, 4.69) is 26.6 Å². The van der Waals surface area contributed by atoms with Crippen molar-refractivity contribution in [1.82, 2.24) is 20.5 Å². The molecule has 6 nitrogen and oxygen atoms in total. The molecule has 0 radical (unpaired) electrons. The number of rotatable bonds is 6. The summed E-state index contributed by atoms with van der Waals surface area (Å²) in [6, 6.07) is 11.9. The van der Waals surface area contributed by atoms with E-state index >= 15 is 0 Å². The average Bonchev–Trinajstić information content (AvgIpc) is 3.33. The van der Waals surface area contributed by atoms with Gasteiger partial charge in [-0.25, -0.2) is 4.98 Å². The van der Waals surface area contributed by atoms with Gasteiger partial charge in [-0.15, -0.1) is 16.4 Å². The monoisotopic (exact) mass is 386 g/mol. The van der Waals surface area contributed by atoms with Gasteiger partial charge in [0.05, 0.1) is 18.4 Å². The lowest BCUT2D eigenvalue weighted by atomic mass is 10.0. The summed E-state index contributed by atoms with van der Waals surface area (Å²) in [5.74, 6) is 1.93. The number of nitrogens with zero attached hydrogens (tertiary/aromatic N) is 2. The number of amides is 1. The number of H-pyrrole nitrogens is 1. The molecule has 0 bridgehead atoms. The highest BCUT2D eigenvalue weighted by molar-refractivity contribution is 7.99. The van der Waals surface area contributed by atoms with Gasteiger partial charge in [-0.3, -0.25) is 9.89 Å². The first-order valence-electron chi connectivity index (χ1n) is 8.35. The molecule has 26 heavy (non-hydrogen) atoms. The van der Waals surface area contributed by atoms with E-state index in [1.807, 2.05) is 35.7 Å². The normalized spacial score (nSPS) is 15.9. The molecule has 3 heterocycles. The third-order valence-corrected chi connectivity index (χ3v) is 5.78. The van der Waals surface area contributed by atoms with Crippen LogP contribution in [0.5, 0.6) is 5.75 Å². The van der Waals surface area contributed by atoms with Gasteiger partial charge < -0.3 is 10.1 Å². The molecule has 0 fully saturated rings. The van der Waals surface area contributed by atoms with Crippen molar-refractivity contribution in [2.24, 2.45) is 0 Å². The summed E-state index contributed by atoms with van der Waals surface area (Å²) in [6.07, 6.45) is 1.51. The summed E-state index contributed by atoms with van der Waals surface area (Å²) >= 11 is 3.03. The Bertz CT molecular complexity index is 879. The molecule has 1 amide bonds. The molecule has 134 valence electrons. The van der Waals surface area contributed by atoms with Gasteiger partial charge in [0.1, 0.15) is 11.6 Å². The van der Waals surface area contributed by atoms with Crippen molar-refractivity contribution in [2.75, 3.05) is 12.4 Å². The fraction of sp³-hybridized carbons (Fsp3) is 0.278. The van der Waals surface area contributed by atoms with Crippen molar-refractivity contribution in [1.29, 1.82) is 0 Å². The van der Waals surface area contributed by atoms with Crippen LogP contribution in [0.1, 0.15) is 28.7 Å². The number of fused-ring (bicyclic) bond motifs is 1. The summed E-state index contributed by atoms with van der Waals surface area (Å²) in [7, 11) is 0. The molecule has 0 spiro atoms. The third kappa shape index (κ3) is 4.08. The minimum absolute atomic E-state index is 0.00502. The van der Waals surface area contributed by atoms with Crippen LogP contribution in [0.15, 0.2) is 46.9 Å². The summed E-state index contributed by atoms with van der Waals surface area (Å²) in [6.45, 7) is 0.613. The maximum Gasteiger partial charge on any atom is 0.230 e. The molecule has 3 aromatic rings. The number of thiophene rings is 1. The fourth-order valence-corrected chi connectivity index (χ4v) is 4.20. The Balaban J connectivity index is 1.30. The molecular formula is C18H18N4O2S2. The van der Waals surface area contributed by atoms with E-state index in [9.17, 15) is 4.79 Å². The lowest BCUT2D eigenvalue weighted by molar-refractivity contribution is -0.119. The number of para-hydroxylation sites is 1. The SMILES string of the molecule is O=C(CSc1n[nH]c(Cc2cccs2)n1)NC1CCOc2ccccc21. The van der Waals surface area contributed by atoms with Crippen LogP contribution in [0.25, 0.3) is 0 Å². The van der Waals surface area contributed by atoms with Crippen molar-refractivity contribution in [3.63, 3.8) is 0 Å². The molecule has 1 unspecified atom stereocenters. The van der Waals surface area contributed by atoms with E-state index in [1.54, 1.807) is 11.3 Å². The lowest BCUT2D eigenvalue weighted by Gasteiger charge is -2.26. The Hall–Kier alpha value is -2.32. The maximum absolute atomic E-state index is 12.3. The van der Waals surface area contributed by atoms with Crippen molar-refractivity contribution in [2.45, 2.75) is 24.0 Å². The predicted molar refractivity (Wildman–Crippen MR) is 102 cm³/mol. The lowest BCUT2D eigenvalue weighted by Crippen LogP contribution is -2.33. The molecule has 0 saturated carbocycles. The van der Waals surface area contributed by atoms with Crippen LogP contribution < -0.4 is 10.1 Å². The quantitative estimate of drug-likeness (QED) is 0.636. The van der Waals surface area contributed by atoms with Gasteiger partial charge in [0.15, 0.2) is 0 Å². The van der Waals surface area contributed by atoms with Gasteiger partial charge in [-0.1, -0.05) is 36.0 Å². The second kappa shape index (κ2) is 7.92. The molecule has 2 aromatic heterocycles. The first-order valence-corrected chi connectivity index (χ1v) is 10.2. The largest absolute Gasteiger partial charge is 0.493 e. The Morgan fingerprint density at radius 3 is 3.15 bits per heavy atom. The summed E-state index contributed by atoms with van der Waals surface area (Å²) in [5.41, 5.74) is 1.04. The molecule has 1 atom stereocenters. The Labute approximate surface area is 159 Å². The zero-order valence-electron chi connectivity index (χ0n) is 14.0. The Morgan fingerprint density at radius 1 is 1.35 bits per heavy atom. The predicted octanol–water partition coefficient (Wildman–Crippen LogP) is 3.19. The molecule has 8 heteroatoms. The minimum Gasteiger partial charge on any atom is -0.493 e. The highest BCUT2D eigenvalue weighted by Crippen LogP contribution is 2.31. The van der Waals surface area contributed by atoms with E-state index in [4.69, 9.17) is 4.74 Å². The van der Waals surface area contributed by atoms with Crippen molar-refractivity contribution in [3.8, 4) is 5.75 Å². The van der Waals surface area contributed by atoms with Crippen molar-refractivity contribution in [3.05, 3.63) is 58.0 Å². The first-order chi connectivity index (χ1) is 12.8. The van der Waals surface area contributed by atoms with E-state index < -0.39 is 0 Å². The van der Waals surface area contributed by atoms with Gasteiger partial charge in [0.2, 0.25) is 11.1 Å². The third-order valence-electron chi connectivity index (χ3n) is 4.06. The van der Waals surface area contributed by atoms with Gasteiger partial charge in [-0.2, -0.15) is 0 Å². The number of carbonyl (C=O) groups excluding carboxylic acids is 1. The minimum atomic E-state index is -0.0266. The van der Waals surface area contributed by atoms with E-state index in [1.165, 1.54) is 16.6 Å². The van der Waals surface area contributed by atoms with Gasteiger partial charge in [-0.05, 0) is 17.5 Å². The van der Waals surface area contributed by atoms with E-state index in [-0.39, 0.29) is 17.7 Å².